The fourth-order valence-corrected chi connectivity index (χ4v) is 2.32. The van der Waals surface area contributed by atoms with Crippen LogP contribution in [0, 0.1) is 13.8 Å². The molecule has 0 atom stereocenters. The summed E-state index contributed by atoms with van der Waals surface area (Å²) in [6.07, 6.45) is 2.01. The highest BCUT2D eigenvalue weighted by molar-refractivity contribution is 5.79. The molecule has 0 spiro atoms. The molecule has 0 fully saturated rings. The van der Waals surface area contributed by atoms with Crippen LogP contribution in [-0.4, -0.2) is 27.3 Å². The normalized spacial score (nSPS) is 10.5. The van der Waals surface area contributed by atoms with Crippen LogP contribution in [0.5, 0.6) is 5.88 Å². The lowest BCUT2D eigenvalue weighted by molar-refractivity contribution is -0.120. The molecule has 1 N–H and O–H groups in total. The summed E-state index contributed by atoms with van der Waals surface area (Å²) in [4.78, 5) is 16.3. The molecule has 2 aromatic rings. The van der Waals surface area contributed by atoms with Crippen LogP contribution in [0.4, 0.5) is 0 Å². The molecule has 1 amide bonds. The number of rotatable bonds is 6. The van der Waals surface area contributed by atoms with Crippen molar-refractivity contribution in [2.24, 2.45) is 7.05 Å². The molecule has 0 saturated heterocycles. The zero-order valence-electron chi connectivity index (χ0n) is 13.5. The SMILES string of the molecule is CCOc1ncccc1CNC(=O)Cc1c(C)nn(C)c1C. The maximum absolute atomic E-state index is 12.2. The summed E-state index contributed by atoms with van der Waals surface area (Å²) in [6, 6.07) is 3.73. The number of nitrogens with one attached hydrogen (secondary N) is 1. The molecule has 0 aromatic carbocycles. The number of carbonyl (C=O) groups excluding carboxylic acids is 1. The van der Waals surface area contributed by atoms with Crippen LogP contribution in [0.25, 0.3) is 0 Å². The summed E-state index contributed by atoms with van der Waals surface area (Å²) in [5.74, 6) is 0.532. The van der Waals surface area contributed by atoms with Gasteiger partial charge in [0.25, 0.3) is 0 Å². The van der Waals surface area contributed by atoms with Gasteiger partial charge in [0, 0.05) is 36.6 Å². The Kier molecular flexibility index (Phi) is 5.14. The smallest absolute Gasteiger partial charge is 0.224 e. The van der Waals surface area contributed by atoms with E-state index in [9.17, 15) is 4.79 Å². The van der Waals surface area contributed by atoms with Gasteiger partial charge in [-0.2, -0.15) is 5.10 Å². The zero-order valence-corrected chi connectivity index (χ0v) is 13.5. The van der Waals surface area contributed by atoms with Gasteiger partial charge in [-0.3, -0.25) is 9.48 Å². The minimum Gasteiger partial charge on any atom is -0.478 e. The molecule has 0 aliphatic rings. The molecule has 6 heteroatoms. The maximum Gasteiger partial charge on any atom is 0.224 e. The van der Waals surface area contributed by atoms with E-state index >= 15 is 0 Å². The molecule has 0 unspecified atom stereocenters. The molecule has 0 saturated carbocycles. The lowest BCUT2D eigenvalue weighted by Gasteiger charge is -2.10. The van der Waals surface area contributed by atoms with Crippen LogP contribution in [0.15, 0.2) is 18.3 Å². The highest BCUT2D eigenvalue weighted by atomic mass is 16.5. The van der Waals surface area contributed by atoms with Crippen molar-refractivity contribution in [2.75, 3.05) is 6.61 Å². The number of hydrogen-bond acceptors (Lipinski definition) is 4. The molecule has 2 rings (SSSR count). The van der Waals surface area contributed by atoms with E-state index in [-0.39, 0.29) is 5.91 Å². The highest BCUT2D eigenvalue weighted by Gasteiger charge is 2.14. The van der Waals surface area contributed by atoms with Gasteiger partial charge in [0.05, 0.1) is 18.7 Å². The third-order valence-electron chi connectivity index (χ3n) is 3.60. The van der Waals surface area contributed by atoms with Gasteiger partial charge in [-0.15, -0.1) is 0 Å². The third kappa shape index (κ3) is 3.63. The predicted molar refractivity (Wildman–Crippen MR) is 83.6 cm³/mol. The Balaban J connectivity index is 1.99. The summed E-state index contributed by atoms with van der Waals surface area (Å²) in [5, 5.41) is 7.24. The number of carbonyl (C=O) groups is 1. The van der Waals surface area contributed by atoms with Gasteiger partial charge in [0.2, 0.25) is 11.8 Å². The van der Waals surface area contributed by atoms with E-state index in [1.807, 2.05) is 40.0 Å². The third-order valence-corrected chi connectivity index (χ3v) is 3.60. The number of ether oxygens (including phenoxy) is 1. The largest absolute Gasteiger partial charge is 0.478 e. The number of nitrogens with zero attached hydrogens (tertiary/aromatic N) is 3. The van der Waals surface area contributed by atoms with Crippen molar-refractivity contribution in [3.05, 3.63) is 40.8 Å². The molecule has 6 nitrogen and oxygen atoms in total. The highest BCUT2D eigenvalue weighted by Crippen LogP contribution is 2.15. The first-order valence-corrected chi connectivity index (χ1v) is 7.35. The van der Waals surface area contributed by atoms with Crippen molar-refractivity contribution >= 4 is 5.91 Å². The van der Waals surface area contributed by atoms with E-state index in [4.69, 9.17) is 4.74 Å². The van der Waals surface area contributed by atoms with Gasteiger partial charge in [-0.1, -0.05) is 6.07 Å². The van der Waals surface area contributed by atoms with Gasteiger partial charge >= 0.3 is 0 Å². The number of aromatic nitrogens is 3. The van der Waals surface area contributed by atoms with Crippen molar-refractivity contribution < 1.29 is 9.53 Å². The van der Waals surface area contributed by atoms with Gasteiger partial charge in [0.1, 0.15) is 0 Å². The molecular weight excluding hydrogens is 280 g/mol. The minimum atomic E-state index is -0.0366. The Morgan fingerprint density at radius 1 is 1.41 bits per heavy atom. The van der Waals surface area contributed by atoms with E-state index < -0.39 is 0 Å². The standard InChI is InChI=1S/C16H22N4O2/c1-5-22-16-13(7-6-8-17-16)10-18-15(21)9-14-11(2)19-20(4)12(14)3/h6-8H,5,9-10H2,1-4H3,(H,18,21). The van der Waals surface area contributed by atoms with Crippen LogP contribution >= 0.6 is 0 Å². The second kappa shape index (κ2) is 7.06. The van der Waals surface area contributed by atoms with E-state index in [0.717, 1.165) is 22.5 Å². The molecule has 2 heterocycles. The average Bonchev–Trinajstić information content (AvgIpc) is 2.73. The number of amides is 1. The predicted octanol–water partition coefficient (Wildman–Crippen LogP) is 1.69. The molecule has 0 aliphatic carbocycles. The van der Waals surface area contributed by atoms with Crippen LogP contribution < -0.4 is 10.1 Å². The molecule has 2 aromatic heterocycles. The minimum absolute atomic E-state index is 0.0366. The Morgan fingerprint density at radius 2 is 2.18 bits per heavy atom. The number of hydrogen-bond donors (Lipinski definition) is 1. The molecule has 0 aliphatic heterocycles. The number of aryl methyl sites for hydroxylation is 2. The van der Waals surface area contributed by atoms with Crippen LogP contribution in [0.3, 0.4) is 0 Å². The second-order valence-electron chi connectivity index (χ2n) is 5.13. The van der Waals surface area contributed by atoms with Crippen molar-refractivity contribution in [3.8, 4) is 5.88 Å². The van der Waals surface area contributed by atoms with Crippen molar-refractivity contribution in [2.45, 2.75) is 33.7 Å². The van der Waals surface area contributed by atoms with Crippen molar-refractivity contribution in [1.29, 1.82) is 0 Å². The van der Waals surface area contributed by atoms with Gasteiger partial charge in [0.15, 0.2) is 0 Å². The topological polar surface area (TPSA) is 69.0 Å². The number of pyridine rings is 1. The fourth-order valence-electron chi connectivity index (χ4n) is 2.32. The first-order valence-electron chi connectivity index (χ1n) is 7.35. The van der Waals surface area contributed by atoms with Crippen molar-refractivity contribution in [3.63, 3.8) is 0 Å². The first-order chi connectivity index (χ1) is 10.5. The lowest BCUT2D eigenvalue weighted by atomic mass is 10.1. The van der Waals surface area contributed by atoms with Crippen molar-refractivity contribution in [1.82, 2.24) is 20.1 Å². The van der Waals surface area contributed by atoms with E-state index in [2.05, 4.69) is 15.4 Å². The Morgan fingerprint density at radius 3 is 2.82 bits per heavy atom. The molecule has 118 valence electrons. The molecular formula is C16H22N4O2. The maximum atomic E-state index is 12.2. The zero-order chi connectivity index (χ0) is 16.1. The van der Waals surface area contributed by atoms with E-state index in [1.165, 1.54) is 0 Å². The Hall–Kier alpha value is -2.37. The summed E-state index contributed by atoms with van der Waals surface area (Å²) >= 11 is 0. The van der Waals surface area contributed by atoms with Crippen LogP contribution in [0.1, 0.15) is 29.4 Å². The Labute approximate surface area is 130 Å². The quantitative estimate of drug-likeness (QED) is 0.881. The van der Waals surface area contributed by atoms with E-state index in [0.29, 0.717) is 25.5 Å². The summed E-state index contributed by atoms with van der Waals surface area (Å²) in [6.45, 7) is 6.75. The van der Waals surface area contributed by atoms with Gasteiger partial charge in [-0.25, -0.2) is 4.98 Å². The average molecular weight is 302 g/mol. The van der Waals surface area contributed by atoms with Gasteiger partial charge in [-0.05, 0) is 26.8 Å². The molecule has 22 heavy (non-hydrogen) atoms. The Bertz CT molecular complexity index is 664. The fraction of sp³-hybridized carbons (Fsp3) is 0.438. The van der Waals surface area contributed by atoms with Crippen LogP contribution in [0.2, 0.25) is 0 Å². The van der Waals surface area contributed by atoms with E-state index in [1.54, 1.807) is 10.9 Å². The first kappa shape index (κ1) is 16.0. The lowest BCUT2D eigenvalue weighted by Crippen LogP contribution is -2.25. The monoisotopic (exact) mass is 302 g/mol. The summed E-state index contributed by atoms with van der Waals surface area (Å²) in [7, 11) is 1.88. The van der Waals surface area contributed by atoms with Crippen LogP contribution in [-0.2, 0) is 24.8 Å². The summed E-state index contributed by atoms with van der Waals surface area (Å²) in [5.41, 5.74) is 3.77. The second-order valence-corrected chi connectivity index (χ2v) is 5.13. The molecule has 0 radical (unpaired) electrons. The van der Waals surface area contributed by atoms with Gasteiger partial charge < -0.3 is 10.1 Å². The molecule has 0 bridgehead atoms. The summed E-state index contributed by atoms with van der Waals surface area (Å²) < 4.78 is 7.25.